The average Bonchev–Trinajstić information content (AvgIpc) is 3.01. The highest BCUT2D eigenvalue weighted by molar-refractivity contribution is 7.09. The third-order valence-corrected chi connectivity index (χ3v) is 4.15. The van der Waals surface area contributed by atoms with Gasteiger partial charge in [0.1, 0.15) is 0 Å². The second-order valence-corrected chi connectivity index (χ2v) is 5.76. The summed E-state index contributed by atoms with van der Waals surface area (Å²) in [6, 6.07) is 11.8. The topological polar surface area (TPSA) is 50.4 Å². The molecule has 0 spiro atoms. The first-order chi connectivity index (χ1) is 10.2. The number of aryl methyl sites for hydroxylation is 1. The average molecular weight is 304 g/mol. The van der Waals surface area contributed by atoms with E-state index in [0.29, 0.717) is 13.1 Å². The van der Waals surface area contributed by atoms with E-state index >= 15 is 0 Å². The van der Waals surface area contributed by atoms with E-state index in [1.807, 2.05) is 48.7 Å². The van der Waals surface area contributed by atoms with Crippen LogP contribution in [0.4, 0.5) is 4.79 Å². The van der Waals surface area contributed by atoms with Crippen molar-refractivity contribution in [3.05, 3.63) is 57.8 Å². The second kappa shape index (κ2) is 7.81. The molecular weight excluding hydrogens is 284 g/mol. The van der Waals surface area contributed by atoms with Crippen molar-refractivity contribution in [2.24, 2.45) is 0 Å². The van der Waals surface area contributed by atoms with Crippen LogP contribution >= 0.6 is 11.3 Å². The molecule has 1 atom stereocenters. The molecule has 1 aromatic carbocycles. The van der Waals surface area contributed by atoms with Crippen molar-refractivity contribution in [1.29, 1.82) is 0 Å². The third-order valence-electron chi connectivity index (χ3n) is 3.27. The number of urea groups is 1. The van der Waals surface area contributed by atoms with Gasteiger partial charge in [0.05, 0.1) is 12.6 Å². The van der Waals surface area contributed by atoms with Gasteiger partial charge in [-0.2, -0.15) is 0 Å². The zero-order valence-electron chi connectivity index (χ0n) is 12.3. The summed E-state index contributed by atoms with van der Waals surface area (Å²) in [5.74, 6) is 0. The van der Waals surface area contributed by atoms with Gasteiger partial charge in [-0.05, 0) is 29.5 Å². The minimum Gasteiger partial charge on any atom is -0.375 e. The van der Waals surface area contributed by atoms with E-state index in [9.17, 15) is 4.79 Å². The number of carbonyl (C=O) groups excluding carboxylic acids is 1. The second-order valence-electron chi connectivity index (χ2n) is 4.72. The number of ether oxygens (including phenoxy) is 1. The highest BCUT2D eigenvalue weighted by Crippen LogP contribution is 2.19. The third kappa shape index (κ3) is 4.58. The number of thiophene rings is 1. The molecule has 5 heteroatoms. The van der Waals surface area contributed by atoms with Crippen molar-refractivity contribution in [2.75, 3.05) is 13.7 Å². The number of nitrogens with one attached hydrogen (secondary N) is 2. The molecule has 0 aliphatic heterocycles. The lowest BCUT2D eigenvalue weighted by Gasteiger charge is -2.18. The number of benzene rings is 1. The monoisotopic (exact) mass is 304 g/mol. The van der Waals surface area contributed by atoms with E-state index in [2.05, 4.69) is 10.6 Å². The van der Waals surface area contributed by atoms with Crippen molar-refractivity contribution >= 4 is 17.4 Å². The van der Waals surface area contributed by atoms with Crippen LogP contribution in [-0.4, -0.2) is 19.7 Å². The molecule has 1 aromatic heterocycles. The van der Waals surface area contributed by atoms with Gasteiger partial charge in [0.25, 0.3) is 0 Å². The Bertz CT molecular complexity index is 569. The summed E-state index contributed by atoms with van der Waals surface area (Å²) in [7, 11) is 1.66. The van der Waals surface area contributed by atoms with Crippen LogP contribution in [0.25, 0.3) is 0 Å². The Labute approximate surface area is 129 Å². The molecule has 0 fully saturated rings. The Balaban J connectivity index is 1.83. The maximum atomic E-state index is 11.8. The van der Waals surface area contributed by atoms with E-state index in [0.717, 1.165) is 16.0 Å². The van der Waals surface area contributed by atoms with E-state index in [4.69, 9.17) is 4.74 Å². The molecule has 0 radical (unpaired) electrons. The Hall–Kier alpha value is -1.85. The van der Waals surface area contributed by atoms with Crippen LogP contribution in [0, 0.1) is 6.92 Å². The maximum absolute atomic E-state index is 11.8. The quantitative estimate of drug-likeness (QED) is 0.861. The Kier molecular flexibility index (Phi) is 5.78. The fourth-order valence-electron chi connectivity index (χ4n) is 2.10. The molecule has 0 aliphatic rings. The number of hydrogen-bond acceptors (Lipinski definition) is 3. The molecule has 21 heavy (non-hydrogen) atoms. The van der Waals surface area contributed by atoms with Crippen molar-refractivity contribution < 1.29 is 9.53 Å². The molecule has 0 aliphatic carbocycles. The van der Waals surface area contributed by atoms with Crippen LogP contribution < -0.4 is 10.6 Å². The van der Waals surface area contributed by atoms with E-state index < -0.39 is 0 Å². The summed E-state index contributed by atoms with van der Waals surface area (Å²) in [5, 5.41) is 7.68. The predicted molar refractivity (Wildman–Crippen MR) is 85.5 cm³/mol. The molecule has 0 saturated carbocycles. The minimum atomic E-state index is -0.181. The number of methoxy groups -OCH3 is 1. The van der Waals surface area contributed by atoms with Gasteiger partial charge in [0.2, 0.25) is 0 Å². The summed E-state index contributed by atoms with van der Waals surface area (Å²) < 4.78 is 5.48. The standard InChI is InChI=1S/C16H20N2O2S/c1-12-6-3-4-8-14(12)15(20-2)11-18-16(19)17-10-13-7-5-9-21-13/h3-9,15H,10-11H2,1-2H3,(H2,17,18,19). The van der Waals surface area contributed by atoms with Gasteiger partial charge in [0, 0.05) is 18.5 Å². The molecule has 0 saturated heterocycles. The smallest absolute Gasteiger partial charge is 0.315 e. The van der Waals surface area contributed by atoms with E-state index in [-0.39, 0.29) is 12.1 Å². The lowest BCUT2D eigenvalue weighted by molar-refractivity contribution is 0.103. The zero-order chi connectivity index (χ0) is 15.1. The number of hydrogen-bond donors (Lipinski definition) is 2. The maximum Gasteiger partial charge on any atom is 0.315 e. The number of rotatable bonds is 6. The van der Waals surface area contributed by atoms with Crippen LogP contribution in [0.5, 0.6) is 0 Å². The lowest BCUT2D eigenvalue weighted by Crippen LogP contribution is -2.37. The van der Waals surface area contributed by atoms with Gasteiger partial charge in [-0.1, -0.05) is 30.3 Å². The van der Waals surface area contributed by atoms with Crippen molar-refractivity contribution in [2.45, 2.75) is 19.6 Å². The summed E-state index contributed by atoms with van der Waals surface area (Å²) in [6.07, 6.45) is -0.140. The molecule has 1 heterocycles. The highest BCUT2D eigenvalue weighted by Gasteiger charge is 2.13. The first-order valence-corrected chi connectivity index (χ1v) is 7.71. The zero-order valence-corrected chi connectivity index (χ0v) is 13.1. The molecular formula is C16H20N2O2S. The van der Waals surface area contributed by atoms with E-state index in [1.165, 1.54) is 0 Å². The normalized spacial score (nSPS) is 11.9. The van der Waals surface area contributed by atoms with Gasteiger partial charge in [-0.3, -0.25) is 0 Å². The van der Waals surface area contributed by atoms with E-state index in [1.54, 1.807) is 18.4 Å². The molecule has 2 aromatic rings. The number of amides is 2. The summed E-state index contributed by atoms with van der Waals surface area (Å²) >= 11 is 1.63. The first kappa shape index (κ1) is 15.5. The van der Waals surface area contributed by atoms with Crippen LogP contribution in [0.15, 0.2) is 41.8 Å². The molecule has 1 unspecified atom stereocenters. The van der Waals surface area contributed by atoms with Crippen molar-refractivity contribution in [1.82, 2.24) is 10.6 Å². The molecule has 2 rings (SSSR count). The van der Waals surface area contributed by atoms with Gasteiger partial charge in [0.15, 0.2) is 0 Å². The summed E-state index contributed by atoms with van der Waals surface area (Å²) in [5.41, 5.74) is 2.25. The van der Waals surface area contributed by atoms with Crippen molar-refractivity contribution in [3.63, 3.8) is 0 Å². The molecule has 2 amide bonds. The first-order valence-electron chi connectivity index (χ1n) is 6.83. The largest absolute Gasteiger partial charge is 0.375 e. The highest BCUT2D eigenvalue weighted by atomic mass is 32.1. The summed E-state index contributed by atoms with van der Waals surface area (Å²) in [4.78, 5) is 12.9. The van der Waals surface area contributed by atoms with Gasteiger partial charge in [-0.15, -0.1) is 11.3 Å². The molecule has 4 nitrogen and oxygen atoms in total. The lowest BCUT2D eigenvalue weighted by atomic mass is 10.0. The van der Waals surface area contributed by atoms with Crippen molar-refractivity contribution in [3.8, 4) is 0 Å². The van der Waals surface area contributed by atoms with Crippen LogP contribution in [-0.2, 0) is 11.3 Å². The minimum absolute atomic E-state index is 0.140. The van der Waals surface area contributed by atoms with Gasteiger partial charge >= 0.3 is 6.03 Å². The Morgan fingerprint density at radius 3 is 2.71 bits per heavy atom. The molecule has 112 valence electrons. The fraction of sp³-hybridized carbons (Fsp3) is 0.312. The molecule has 2 N–H and O–H groups in total. The van der Waals surface area contributed by atoms with Crippen LogP contribution in [0.1, 0.15) is 22.1 Å². The van der Waals surface area contributed by atoms with Crippen LogP contribution in [0.3, 0.4) is 0 Å². The number of carbonyl (C=O) groups is 1. The Morgan fingerprint density at radius 1 is 1.24 bits per heavy atom. The predicted octanol–water partition coefficient (Wildman–Crippen LogP) is 3.24. The fourth-order valence-corrected chi connectivity index (χ4v) is 2.74. The molecule has 0 bridgehead atoms. The SMILES string of the molecule is COC(CNC(=O)NCc1cccs1)c1ccccc1C. The summed E-state index contributed by atoms with van der Waals surface area (Å²) in [6.45, 7) is 3.03. The van der Waals surface area contributed by atoms with Gasteiger partial charge < -0.3 is 15.4 Å². The van der Waals surface area contributed by atoms with Gasteiger partial charge in [-0.25, -0.2) is 4.79 Å². The van der Waals surface area contributed by atoms with Crippen LogP contribution in [0.2, 0.25) is 0 Å². The Morgan fingerprint density at radius 2 is 2.05 bits per heavy atom.